The van der Waals surface area contributed by atoms with Crippen LogP contribution in [0.5, 0.6) is 0 Å². The third-order valence-electron chi connectivity index (χ3n) is 3.06. The molecule has 0 aromatic heterocycles. The molecule has 0 saturated carbocycles. The van der Waals surface area contributed by atoms with E-state index in [1.807, 2.05) is 18.2 Å². The number of aldehydes is 1. The fourth-order valence-corrected chi connectivity index (χ4v) is 2.89. The lowest BCUT2D eigenvalue weighted by Crippen LogP contribution is -2.10. The third kappa shape index (κ3) is 1.74. The summed E-state index contributed by atoms with van der Waals surface area (Å²) in [6.07, 6.45) is 1.79. The van der Waals surface area contributed by atoms with Gasteiger partial charge in [-0.05, 0) is 51.9 Å². The summed E-state index contributed by atoms with van der Waals surface area (Å²) >= 11 is 2.35. The van der Waals surface area contributed by atoms with Crippen molar-refractivity contribution in [2.45, 2.75) is 6.42 Å². The van der Waals surface area contributed by atoms with Gasteiger partial charge in [-0.2, -0.15) is 0 Å². The fraction of sp³-hybridized carbons (Fsp3) is 0.0714. The zero-order valence-electron chi connectivity index (χ0n) is 9.03. The Kier molecular flexibility index (Phi) is 2.63. The number of carbonyl (C=O) groups is 1. The quantitative estimate of drug-likeness (QED) is 0.542. The molecule has 0 aliphatic carbocycles. The highest BCUT2D eigenvalue weighted by Crippen LogP contribution is 2.36. The van der Waals surface area contributed by atoms with Crippen molar-refractivity contribution in [1.82, 2.24) is 0 Å². The average Bonchev–Trinajstić information content (AvgIpc) is 2.36. The second-order valence-corrected chi connectivity index (χ2v) is 5.23. The molecule has 0 atom stereocenters. The maximum absolute atomic E-state index is 11.0. The first-order valence-corrected chi connectivity index (χ1v) is 6.49. The van der Waals surface area contributed by atoms with E-state index in [1.54, 1.807) is 0 Å². The van der Waals surface area contributed by atoms with Crippen molar-refractivity contribution in [1.29, 1.82) is 0 Å². The number of hydrogen-bond donors (Lipinski definition) is 1. The molecule has 84 valence electrons. The maximum atomic E-state index is 11.0. The molecule has 0 fully saturated rings. The van der Waals surface area contributed by atoms with E-state index in [-0.39, 0.29) is 0 Å². The van der Waals surface area contributed by atoms with E-state index in [0.717, 1.165) is 29.6 Å². The smallest absolute Gasteiger partial charge is 0.152 e. The third-order valence-corrected chi connectivity index (χ3v) is 4.07. The number of benzene rings is 2. The van der Waals surface area contributed by atoms with Crippen LogP contribution in [0.25, 0.3) is 0 Å². The standard InChI is InChI=1S/C14H10INO/c15-12-5-2-6-13-11(12)7-9-3-1-4-10(8-17)14(9)16-13/h1-6,8,16H,7H2. The van der Waals surface area contributed by atoms with Crippen LogP contribution in [0.3, 0.4) is 0 Å². The minimum atomic E-state index is 0.729. The summed E-state index contributed by atoms with van der Waals surface area (Å²) in [5.74, 6) is 0. The SMILES string of the molecule is O=Cc1cccc2c1Nc1cccc(I)c1C2. The second kappa shape index (κ2) is 4.14. The van der Waals surface area contributed by atoms with Gasteiger partial charge in [-0.3, -0.25) is 4.79 Å². The van der Waals surface area contributed by atoms with E-state index in [4.69, 9.17) is 0 Å². The van der Waals surface area contributed by atoms with Gasteiger partial charge in [0.25, 0.3) is 0 Å². The predicted molar refractivity (Wildman–Crippen MR) is 77.1 cm³/mol. The molecule has 2 nitrogen and oxygen atoms in total. The summed E-state index contributed by atoms with van der Waals surface area (Å²) in [4.78, 5) is 11.0. The normalized spacial score (nSPS) is 12.3. The first kappa shape index (κ1) is 10.8. The van der Waals surface area contributed by atoms with Crippen molar-refractivity contribution in [3.05, 3.63) is 56.7 Å². The monoisotopic (exact) mass is 335 g/mol. The van der Waals surface area contributed by atoms with Crippen molar-refractivity contribution in [3.8, 4) is 0 Å². The highest BCUT2D eigenvalue weighted by atomic mass is 127. The van der Waals surface area contributed by atoms with Crippen molar-refractivity contribution in [2.24, 2.45) is 0 Å². The van der Waals surface area contributed by atoms with Gasteiger partial charge in [0.05, 0.1) is 5.69 Å². The van der Waals surface area contributed by atoms with E-state index < -0.39 is 0 Å². The number of rotatable bonds is 1. The first-order valence-electron chi connectivity index (χ1n) is 5.41. The number of fused-ring (bicyclic) bond motifs is 2. The lowest BCUT2D eigenvalue weighted by atomic mass is 9.95. The van der Waals surface area contributed by atoms with E-state index >= 15 is 0 Å². The first-order chi connectivity index (χ1) is 8.29. The minimum absolute atomic E-state index is 0.729. The summed E-state index contributed by atoms with van der Waals surface area (Å²) in [6.45, 7) is 0. The zero-order chi connectivity index (χ0) is 11.8. The highest BCUT2D eigenvalue weighted by molar-refractivity contribution is 14.1. The molecule has 0 radical (unpaired) electrons. The van der Waals surface area contributed by atoms with Crippen LogP contribution < -0.4 is 5.32 Å². The van der Waals surface area contributed by atoms with Gasteiger partial charge in [-0.1, -0.05) is 18.2 Å². The Bertz CT molecular complexity index is 607. The molecule has 2 aromatic rings. The molecular formula is C14H10INO. The van der Waals surface area contributed by atoms with Crippen LogP contribution in [-0.4, -0.2) is 6.29 Å². The molecule has 1 aliphatic heterocycles. The Balaban J connectivity index is 2.17. The molecule has 0 saturated heterocycles. The van der Waals surface area contributed by atoms with Gasteiger partial charge in [-0.25, -0.2) is 0 Å². The zero-order valence-corrected chi connectivity index (χ0v) is 11.2. The van der Waals surface area contributed by atoms with Crippen LogP contribution >= 0.6 is 22.6 Å². The molecule has 1 heterocycles. The van der Waals surface area contributed by atoms with Crippen LogP contribution in [0.2, 0.25) is 0 Å². The van der Waals surface area contributed by atoms with Gasteiger partial charge in [0.2, 0.25) is 0 Å². The molecule has 0 unspecified atom stereocenters. The second-order valence-electron chi connectivity index (χ2n) is 4.07. The summed E-state index contributed by atoms with van der Waals surface area (Å²) in [7, 11) is 0. The molecule has 2 aromatic carbocycles. The van der Waals surface area contributed by atoms with E-state index in [1.165, 1.54) is 14.7 Å². The van der Waals surface area contributed by atoms with Crippen molar-refractivity contribution in [3.63, 3.8) is 0 Å². The minimum Gasteiger partial charge on any atom is -0.354 e. The van der Waals surface area contributed by atoms with Gasteiger partial charge in [0, 0.05) is 21.2 Å². The molecule has 0 spiro atoms. The molecular weight excluding hydrogens is 325 g/mol. The average molecular weight is 335 g/mol. The fourth-order valence-electron chi connectivity index (χ4n) is 2.20. The van der Waals surface area contributed by atoms with Crippen molar-refractivity contribution in [2.75, 3.05) is 5.32 Å². The molecule has 3 rings (SSSR count). The Morgan fingerprint density at radius 2 is 2.00 bits per heavy atom. The lowest BCUT2D eigenvalue weighted by molar-refractivity contribution is 0.112. The molecule has 1 N–H and O–H groups in total. The topological polar surface area (TPSA) is 29.1 Å². The van der Waals surface area contributed by atoms with Gasteiger partial charge < -0.3 is 5.32 Å². The highest BCUT2D eigenvalue weighted by Gasteiger charge is 2.18. The summed E-state index contributed by atoms with van der Waals surface area (Å²) in [5.41, 5.74) is 5.29. The predicted octanol–water partition coefficient (Wildman–Crippen LogP) is 3.75. The Hall–Kier alpha value is -1.36. The summed E-state index contributed by atoms with van der Waals surface area (Å²) in [5, 5.41) is 3.36. The van der Waals surface area contributed by atoms with Crippen molar-refractivity contribution >= 4 is 40.3 Å². The van der Waals surface area contributed by atoms with E-state index in [9.17, 15) is 4.79 Å². The van der Waals surface area contributed by atoms with E-state index in [0.29, 0.717) is 0 Å². The Morgan fingerprint density at radius 3 is 2.82 bits per heavy atom. The number of para-hydroxylation sites is 1. The largest absolute Gasteiger partial charge is 0.354 e. The number of carbonyl (C=O) groups excluding carboxylic acids is 1. The lowest BCUT2D eigenvalue weighted by Gasteiger charge is -2.23. The molecule has 17 heavy (non-hydrogen) atoms. The van der Waals surface area contributed by atoms with Gasteiger partial charge in [0.1, 0.15) is 0 Å². The maximum Gasteiger partial charge on any atom is 0.152 e. The number of nitrogens with one attached hydrogen (secondary N) is 1. The Labute approximate surface area is 113 Å². The van der Waals surface area contributed by atoms with Crippen LogP contribution in [0, 0.1) is 3.57 Å². The molecule has 1 aliphatic rings. The molecule has 3 heteroatoms. The summed E-state index contributed by atoms with van der Waals surface area (Å²) in [6, 6.07) is 12.0. The van der Waals surface area contributed by atoms with Gasteiger partial charge in [0.15, 0.2) is 6.29 Å². The van der Waals surface area contributed by atoms with Crippen LogP contribution in [-0.2, 0) is 6.42 Å². The van der Waals surface area contributed by atoms with Gasteiger partial charge >= 0.3 is 0 Å². The number of halogens is 1. The summed E-state index contributed by atoms with van der Waals surface area (Å²) < 4.78 is 1.26. The number of anilines is 2. The van der Waals surface area contributed by atoms with E-state index in [2.05, 4.69) is 46.1 Å². The van der Waals surface area contributed by atoms with Crippen LogP contribution in [0.4, 0.5) is 11.4 Å². The van der Waals surface area contributed by atoms with Crippen LogP contribution in [0.15, 0.2) is 36.4 Å². The Morgan fingerprint density at radius 1 is 1.18 bits per heavy atom. The van der Waals surface area contributed by atoms with Gasteiger partial charge in [-0.15, -0.1) is 0 Å². The molecule has 0 bridgehead atoms. The molecule has 0 amide bonds. The van der Waals surface area contributed by atoms with Crippen LogP contribution in [0.1, 0.15) is 21.5 Å². The number of hydrogen-bond acceptors (Lipinski definition) is 2. The van der Waals surface area contributed by atoms with Crippen molar-refractivity contribution < 1.29 is 4.79 Å².